The number of rotatable bonds is 4. The van der Waals surface area contributed by atoms with Gasteiger partial charge in [-0.05, 0) is 31.0 Å². The maximum absolute atomic E-state index is 12.8. The van der Waals surface area contributed by atoms with Crippen molar-refractivity contribution < 1.29 is 27.1 Å². The predicted molar refractivity (Wildman–Crippen MR) is 88.0 cm³/mol. The summed E-state index contributed by atoms with van der Waals surface area (Å²) in [5, 5.41) is 15.6. The van der Waals surface area contributed by atoms with Crippen molar-refractivity contribution in [1.82, 2.24) is 21.3 Å². The summed E-state index contributed by atoms with van der Waals surface area (Å²) in [6, 6.07) is 3.96. The molecule has 1 fully saturated rings. The first-order chi connectivity index (χ1) is 12.6. The second-order valence-electron chi connectivity index (χ2n) is 7.00. The Labute approximate surface area is 153 Å². The SMILES string of the molecule is C[C@H]1CC(O)(c2ccc(C(F)(F)F)cc2)C[C@@H](C2=CN(CC(F)F)NN2)N1. The minimum Gasteiger partial charge on any atom is -0.385 e. The van der Waals surface area contributed by atoms with Gasteiger partial charge in [-0.25, -0.2) is 8.78 Å². The van der Waals surface area contributed by atoms with E-state index in [1.165, 1.54) is 23.3 Å². The summed E-state index contributed by atoms with van der Waals surface area (Å²) in [6.45, 7) is 1.35. The van der Waals surface area contributed by atoms with E-state index < -0.39 is 30.3 Å². The van der Waals surface area contributed by atoms with Crippen LogP contribution in [0, 0.1) is 0 Å². The molecule has 2 aliphatic rings. The lowest BCUT2D eigenvalue weighted by Crippen LogP contribution is -2.53. The van der Waals surface area contributed by atoms with Crippen LogP contribution in [0.5, 0.6) is 0 Å². The first-order valence-electron chi connectivity index (χ1n) is 8.51. The van der Waals surface area contributed by atoms with Crippen LogP contribution >= 0.6 is 0 Å². The number of hydrogen-bond acceptors (Lipinski definition) is 5. The minimum absolute atomic E-state index is 0.136. The van der Waals surface area contributed by atoms with Gasteiger partial charge >= 0.3 is 6.18 Å². The highest BCUT2D eigenvalue weighted by Gasteiger charge is 2.41. The molecule has 0 aliphatic carbocycles. The average Bonchev–Trinajstić information content (AvgIpc) is 3.01. The van der Waals surface area contributed by atoms with E-state index in [1.54, 1.807) is 0 Å². The Bertz CT molecular complexity index is 694. The third kappa shape index (κ3) is 4.50. The smallest absolute Gasteiger partial charge is 0.385 e. The molecule has 150 valence electrons. The van der Waals surface area contributed by atoms with Crippen LogP contribution in [0.3, 0.4) is 0 Å². The number of piperidine rings is 1. The Hall–Kier alpha value is -1.91. The zero-order valence-electron chi connectivity index (χ0n) is 14.5. The molecule has 0 bridgehead atoms. The molecule has 1 unspecified atom stereocenters. The quantitative estimate of drug-likeness (QED) is 0.593. The fourth-order valence-electron chi connectivity index (χ4n) is 3.59. The normalized spacial score (nSPS) is 29.0. The van der Waals surface area contributed by atoms with E-state index in [9.17, 15) is 27.1 Å². The van der Waals surface area contributed by atoms with E-state index in [1.807, 2.05) is 6.92 Å². The molecule has 3 atom stereocenters. The van der Waals surface area contributed by atoms with Gasteiger partial charge in [0.1, 0.15) is 0 Å². The number of hydrazine groups is 2. The lowest BCUT2D eigenvalue weighted by atomic mass is 9.78. The van der Waals surface area contributed by atoms with E-state index in [0.29, 0.717) is 17.7 Å². The van der Waals surface area contributed by atoms with Crippen molar-refractivity contribution in [2.45, 2.75) is 50.1 Å². The van der Waals surface area contributed by atoms with Gasteiger partial charge in [0.15, 0.2) is 0 Å². The monoisotopic (exact) mass is 392 g/mol. The molecule has 0 radical (unpaired) electrons. The fourth-order valence-corrected chi connectivity index (χ4v) is 3.59. The Morgan fingerprint density at radius 1 is 1.22 bits per heavy atom. The molecule has 1 saturated heterocycles. The lowest BCUT2D eigenvalue weighted by Gasteiger charge is -2.41. The first kappa shape index (κ1) is 19.8. The standard InChI is InChI=1S/C17H21F5N4O/c1-10-6-16(27,11-2-4-12(5-3-11)17(20,21)22)7-13(23-10)14-8-26(25-24-14)9-15(18)19/h2-5,8,10,13,15,23-25,27H,6-7,9H2,1H3/t10-,13-,16?/m0/s1. The Kier molecular flexibility index (Phi) is 5.33. The van der Waals surface area contributed by atoms with Crippen LogP contribution in [0.4, 0.5) is 22.0 Å². The summed E-state index contributed by atoms with van der Waals surface area (Å²) >= 11 is 0. The van der Waals surface area contributed by atoms with E-state index in [4.69, 9.17) is 0 Å². The number of alkyl halides is 5. The summed E-state index contributed by atoms with van der Waals surface area (Å²) in [5.41, 5.74) is 4.26. The number of nitrogens with zero attached hydrogens (tertiary/aromatic N) is 1. The zero-order valence-corrected chi connectivity index (χ0v) is 14.5. The first-order valence-corrected chi connectivity index (χ1v) is 8.51. The van der Waals surface area contributed by atoms with Gasteiger partial charge in [-0.3, -0.25) is 5.01 Å². The minimum atomic E-state index is -4.44. The second-order valence-corrected chi connectivity index (χ2v) is 7.00. The van der Waals surface area contributed by atoms with E-state index in [2.05, 4.69) is 16.3 Å². The largest absolute Gasteiger partial charge is 0.416 e. The molecular weight excluding hydrogens is 371 g/mol. The van der Waals surface area contributed by atoms with Crippen LogP contribution in [0.15, 0.2) is 36.2 Å². The van der Waals surface area contributed by atoms with Crippen LogP contribution in [-0.4, -0.2) is 35.2 Å². The van der Waals surface area contributed by atoms with Crippen molar-refractivity contribution in [3.05, 3.63) is 47.3 Å². The number of aliphatic hydroxyl groups is 1. The van der Waals surface area contributed by atoms with E-state index in [0.717, 1.165) is 12.1 Å². The molecule has 0 aromatic heterocycles. The molecule has 0 saturated carbocycles. The molecule has 0 amide bonds. The summed E-state index contributed by atoms with van der Waals surface area (Å²) in [4.78, 5) is 0. The van der Waals surface area contributed by atoms with Crippen molar-refractivity contribution in [2.75, 3.05) is 6.54 Å². The third-order valence-corrected chi connectivity index (χ3v) is 4.77. The molecule has 2 aliphatic heterocycles. The summed E-state index contributed by atoms with van der Waals surface area (Å²) < 4.78 is 63.3. The van der Waals surface area contributed by atoms with Crippen LogP contribution in [0.25, 0.3) is 0 Å². The number of hydrogen-bond donors (Lipinski definition) is 4. The molecule has 2 heterocycles. The molecule has 1 aromatic carbocycles. The van der Waals surface area contributed by atoms with Gasteiger partial charge in [-0.15, -0.1) is 5.53 Å². The van der Waals surface area contributed by atoms with Crippen LogP contribution < -0.4 is 16.3 Å². The van der Waals surface area contributed by atoms with Crippen molar-refractivity contribution in [2.24, 2.45) is 0 Å². The van der Waals surface area contributed by atoms with Gasteiger partial charge in [0.25, 0.3) is 6.43 Å². The number of benzene rings is 1. The highest BCUT2D eigenvalue weighted by molar-refractivity contribution is 5.31. The third-order valence-electron chi connectivity index (χ3n) is 4.77. The van der Waals surface area contributed by atoms with Crippen LogP contribution in [0.2, 0.25) is 0 Å². The molecule has 5 nitrogen and oxygen atoms in total. The molecular formula is C17H21F5N4O. The van der Waals surface area contributed by atoms with Crippen molar-refractivity contribution in [1.29, 1.82) is 0 Å². The maximum atomic E-state index is 12.8. The van der Waals surface area contributed by atoms with Crippen molar-refractivity contribution in [3.63, 3.8) is 0 Å². The highest BCUT2D eigenvalue weighted by Crippen LogP contribution is 2.38. The van der Waals surface area contributed by atoms with Gasteiger partial charge < -0.3 is 15.8 Å². The Morgan fingerprint density at radius 2 is 1.89 bits per heavy atom. The summed E-state index contributed by atoms with van der Waals surface area (Å²) in [5.74, 6) is 0. The lowest BCUT2D eigenvalue weighted by molar-refractivity contribution is -0.137. The molecule has 4 N–H and O–H groups in total. The zero-order chi connectivity index (χ0) is 19.8. The van der Waals surface area contributed by atoms with Gasteiger partial charge in [-0.1, -0.05) is 12.1 Å². The second kappa shape index (κ2) is 7.25. The Balaban J connectivity index is 1.78. The van der Waals surface area contributed by atoms with E-state index >= 15 is 0 Å². The van der Waals surface area contributed by atoms with Crippen molar-refractivity contribution >= 4 is 0 Å². The molecule has 0 spiro atoms. The maximum Gasteiger partial charge on any atom is 0.416 e. The molecule has 27 heavy (non-hydrogen) atoms. The topological polar surface area (TPSA) is 59.6 Å². The number of halogens is 5. The Morgan fingerprint density at radius 3 is 2.48 bits per heavy atom. The molecule has 3 rings (SSSR count). The van der Waals surface area contributed by atoms with E-state index in [-0.39, 0.29) is 18.5 Å². The molecule has 10 heteroatoms. The average molecular weight is 392 g/mol. The van der Waals surface area contributed by atoms with Crippen LogP contribution in [0.1, 0.15) is 30.9 Å². The fraction of sp³-hybridized carbons (Fsp3) is 0.529. The number of nitrogens with one attached hydrogen (secondary N) is 3. The molecule has 1 aromatic rings. The van der Waals surface area contributed by atoms with Crippen molar-refractivity contribution in [3.8, 4) is 0 Å². The predicted octanol–water partition coefficient (Wildman–Crippen LogP) is 2.46. The van der Waals surface area contributed by atoms with Crippen LogP contribution in [-0.2, 0) is 11.8 Å². The summed E-state index contributed by atoms with van der Waals surface area (Å²) in [6.07, 6.45) is -4.96. The van der Waals surface area contributed by atoms with Gasteiger partial charge in [0.2, 0.25) is 0 Å². The van der Waals surface area contributed by atoms with Gasteiger partial charge in [0, 0.05) is 18.7 Å². The highest BCUT2D eigenvalue weighted by atomic mass is 19.4. The van der Waals surface area contributed by atoms with Gasteiger partial charge in [-0.2, -0.15) is 13.2 Å². The summed E-state index contributed by atoms with van der Waals surface area (Å²) in [7, 11) is 0. The van der Waals surface area contributed by atoms with Gasteiger partial charge in [0.05, 0.1) is 29.4 Å².